The van der Waals surface area contributed by atoms with Crippen LogP contribution in [0.2, 0.25) is 0 Å². The van der Waals surface area contributed by atoms with Crippen molar-refractivity contribution in [2.75, 3.05) is 45.8 Å². The largest absolute Gasteiger partial charge is 0.361 e. The second-order valence-electron chi connectivity index (χ2n) is 8.76. The monoisotopic (exact) mass is 395 g/mol. The standard InChI is InChI=1S/C24H37N5/c1-3-25-24(29-15-11-20(18-29)17-28-13-5-4-6-14-28)26-12-10-21-16-27-23-19(2)8-7-9-22(21)23/h7-9,16,20,27H,3-6,10-15,17-18H2,1-2H3,(H,25,26). The van der Waals surface area contributed by atoms with Gasteiger partial charge in [-0.25, -0.2) is 0 Å². The number of aromatic amines is 1. The van der Waals surface area contributed by atoms with Gasteiger partial charge in [-0.2, -0.15) is 0 Å². The highest BCUT2D eigenvalue weighted by Crippen LogP contribution is 2.22. The van der Waals surface area contributed by atoms with Crippen LogP contribution in [0.15, 0.2) is 29.4 Å². The van der Waals surface area contributed by atoms with Gasteiger partial charge in [0.1, 0.15) is 0 Å². The highest BCUT2D eigenvalue weighted by Gasteiger charge is 2.26. The quantitative estimate of drug-likeness (QED) is 0.578. The van der Waals surface area contributed by atoms with E-state index in [9.17, 15) is 0 Å². The molecule has 2 aromatic rings. The van der Waals surface area contributed by atoms with E-state index in [-0.39, 0.29) is 0 Å². The van der Waals surface area contributed by atoms with E-state index in [0.717, 1.165) is 44.5 Å². The van der Waals surface area contributed by atoms with Gasteiger partial charge < -0.3 is 20.1 Å². The zero-order valence-electron chi connectivity index (χ0n) is 18.2. The van der Waals surface area contributed by atoms with Gasteiger partial charge in [0, 0.05) is 49.8 Å². The summed E-state index contributed by atoms with van der Waals surface area (Å²) in [5.41, 5.74) is 3.94. The first kappa shape index (κ1) is 20.3. The highest BCUT2D eigenvalue weighted by molar-refractivity contribution is 5.86. The lowest BCUT2D eigenvalue weighted by Gasteiger charge is -2.29. The summed E-state index contributed by atoms with van der Waals surface area (Å²) in [6.07, 6.45) is 8.61. The van der Waals surface area contributed by atoms with Crippen molar-refractivity contribution in [2.24, 2.45) is 10.9 Å². The molecular formula is C24H37N5. The molecule has 0 radical (unpaired) electrons. The van der Waals surface area contributed by atoms with E-state index >= 15 is 0 Å². The number of guanidine groups is 1. The molecule has 1 aromatic carbocycles. The van der Waals surface area contributed by atoms with E-state index in [1.165, 1.54) is 67.3 Å². The van der Waals surface area contributed by atoms with Gasteiger partial charge in [0.2, 0.25) is 0 Å². The lowest BCUT2D eigenvalue weighted by Crippen LogP contribution is -2.41. The van der Waals surface area contributed by atoms with Crippen molar-refractivity contribution in [1.82, 2.24) is 20.1 Å². The summed E-state index contributed by atoms with van der Waals surface area (Å²) in [6.45, 7) is 12.2. The van der Waals surface area contributed by atoms with Crippen LogP contribution < -0.4 is 5.32 Å². The van der Waals surface area contributed by atoms with E-state index in [1.54, 1.807) is 0 Å². The number of aromatic nitrogens is 1. The summed E-state index contributed by atoms with van der Waals surface area (Å²) >= 11 is 0. The van der Waals surface area contributed by atoms with Gasteiger partial charge in [0.25, 0.3) is 0 Å². The number of fused-ring (bicyclic) bond motifs is 1. The second kappa shape index (κ2) is 9.66. The van der Waals surface area contributed by atoms with Gasteiger partial charge in [-0.15, -0.1) is 0 Å². The first-order valence-corrected chi connectivity index (χ1v) is 11.6. The molecule has 2 fully saturated rings. The normalized spacial score (nSPS) is 21.2. The van der Waals surface area contributed by atoms with E-state index in [0.29, 0.717) is 0 Å². The van der Waals surface area contributed by atoms with Gasteiger partial charge >= 0.3 is 0 Å². The minimum Gasteiger partial charge on any atom is -0.361 e. The van der Waals surface area contributed by atoms with Crippen LogP contribution in [-0.4, -0.2) is 66.6 Å². The van der Waals surface area contributed by atoms with Crippen LogP contribution in [0.4, 0.5) is 0 Å². The molecule has 2 saturated heterocycles. The highest BCUT2D eigenvalue weighted by atomic mass is 15.3. The molecule has 1 aromatic heterocycles. The number of nitrogens with one attached hydrogen (secondary N) is 2. The molecule has 5 nitrogen and oxygen atoms in total. The minimum absolute atomic E-state index is 0.786. The smallest absolute Gasteiger partial charge is 0.193 e. The van der Waals surface area contributed by atoms with Gasteiger partial charge in [0.15, 0.2) is 5.96 Å². The number of H-pyrrole nitrogens is 1. The van der Waals surface area contributed by atoms with Crippen LogP contribution in [0, 0.1) is 12.8 Å². The molecule has 0 bridgehead atoms. The number of hydrogen-bond acceptors (Lipinski definition) is 2. The van der Waals surface area contributed by atoms with Crippen molar-refractivity contribution in [1.29, 1.82) is 0 Å². The van der Waals surface area contributed by atoms with Crippen molar-refractivity contribution >= 4 is 16.9 Å². The fourth-order valence-electron chi connectivity index (χ4n) is 4.96. The number of aliphatic imine (C=N–C) groups is 1. The molecule has 0 aliphatic carbocycles. The summed E-state index contributed by atoms with van der Waals surface area (Å²) < 4.78 is 0. The molecule has 1 unspecified atom stereocenters. The molecule has 2 aliphatic rings. The van der Waals surface area contributed by atoms with Crippen LogP contribution in [0.5, 0.6) is 0 Å². The third kappa shape index (κ3) is 4.95. The fourth-order valence-corrected chi connectivity index (χ4v) is 4.96. The maximum Gasteiger partial charge on any atom is 0.193 e. The lowest BCUT2D eigenvalue weighted by atomic mass is 10.1. The lowest BCUT2D eigenvalue weighted by molar-refractivity contribution is 0.198. The van der Waals surface area contributed by atoms with Crippen LogP contribution in [-0.2, 0) is 6.42 Å². The number of nitrogens with zero attached hydrogens (tertiary/aromatic N) is 3. The Bertz CT molecular complexity index is 818. The van der Waals surface area contributed by atoms with E-state index in [4.69, 9.17) is 4.99 Å². The third-order valence-corrected chi connectivity index (χ3v) is 6.54. The Labute approximate surface area is 175 Å². The zero-order chi connectivity index (χ0) is 20.1. The van der Waals surface area contributed by atoms with Crippen molar-refractivity contribution in [2.45, 2.75) is 46.0 Å². The Hall–Kier alpha value is -2.01. The zero-order valence-corrected chi connectivity index (χ0v) is 18.2. The topological polar surface area (TPSA) is 46.7 Å². The summed E-state index contributed by atoms with van der Waals surface area (Å²) in [4.78, 5) is 13.6. The number of hydrogen-bond donors (Lipinski definition) is 2. The predicted molar refractivity (Wildman–Crippen MR) is 123 cm³/mol. The molecular weight excluding hydrogens is 358 g/mol. The Balaban J connectivity index is 1.34. The van der Waals surface area contributed by atoms with Crippen molar-refractivity contribution in [3.8, 4) is 0 Å². The van der Waals surface area contributed by atoms with E-state index in [1.807, 2.05) is 0 Å². The molecule has 29 heavy (non-hydrogen) atoms. The average Bonchev–Trinajstić information content (AvgIpc) is 3.36. The van der Waals surface area contributed by atoms with E-state index < -0.39 is 0 Å². The van der Waals surface area contributed by atoms with Crippen molar-refractivity contribution in [3.05, 3.63) is 35.5 Å². The van der Waals surface area contributed by atoms with Gasteiger partial charge in [0.05, 0.1) is 0 Å². The molecule has 2 N–H and O–H groups in total. The maximum absolute atomic E-state index is 4.98. The minimum atomic E-state index is 0.786. The first-order valence-electron chi connectivity index (χ1n) is 11.6. The Morgan fingerprint density at radius 2 is 2.07 bits per heavy atom. The summed E-state index contributed by atoms with van der Waals surface area (Å²) in [7, 11) is 0. The van der Waals surface area contributed by atoms with Crippen LogP contribution in [0.1, 0.15) is 43.7 Å². The van der Waals surface area contributed by atoms with Gasteiger partial charge in [-0.05, 0) is 69.7 Å². The molecule has 1 atom stereocenters. The molecule has 0 amide bonds. The Morgan fingerprint density at radius 1 is 1.21 bits per heavy atom. The molecule has 158 valence electrons. The molecule has 4 rings (SSSR count). The Morgan fingerprint density at radius 3 is 2.90 bits per heavy atom. The summed E-state index contributed by atoms with van der Waals surface area (Å²) in [6, 6.07) is 6.53. The SMILES string of the molecule is CCNC(=NCCc1c[nH]c2c(C)cccc12)N1CCC(CN2CCCCC2)C1. The van der Waals surface area contributed by atoms with Crippen LogP contribution in [0.25, 0.3) is 10.9 Å². The molecule has 3 heterocycles. The van der Waals surface area contributed by atoms with Crippen LogP contribution >= 0.6 is 0 Å². The predicted octanol–water partition coefficient (Wildman–Crippen LogP) is 3.79. The molecule has 0 spiro atoms. The van der Waals surface area contributed by atoms with Crippen molar-refractivity contribution in [3.63, 3.8) is 0 Å². The number of rotatable bonds is 6. The molecule has 5 heteroatoms. The average molecular weight is 396 g/mol. The fraction of sp³-hybridized carbons (Fsp3) is 0.625. The first-order chi connectivity index (χ1) is 14.2. The van der Waals surface area contributed by atoms with Crippen molar-refractivity contribution < 1.29 is 0 Å². The number of para-hydroxylation sites is 1. The molecule has 2 aliphatic heterocycles. The van der Waals surface area contributed by atoms with Gasteiger partial charge in [-0.3, -0.25) is 4.99 Å². The number of likely N-dealkylation sites (tertiary alicyclic amines) is 2. The second-order valence-corrected chi connectivity index (χ2v) is 8.76. The number of piperidine rings is 1. The third-order valence-electron chi connectivity index (χ3n) is 6.54. The van der Waals surface area contributed by atoms with Gasteiger partial charge in [-0.1, -0.05) is 24.6 Å². The number of aryl methyl sites for hydroxylation is 1. The van der Waals surface area contributed by atoms with Crippen LogP contribution in [0.3, 0.4) is 0 Å². The maximum atomic E-state index is 4.98. The summed E-state index contributed by atoms with van der Waals surface area (Å²) in [5.74, 6) is 1.89. The number of benzene rings is 1. The summed E-state index contributed by atoms with van der Waals surface area (Å²) in [5, 5.41) is 4.87. The Kier molecular flexibility index (Phi) is 6.75. The molecule has 0 saturated carbocycles. The van der Waals surface area contributed by atoms with E-state index in [2.05, 4.69) is 58.3 Å².